The van der Waals surface area contributed by atoms with Gasteiger partial charge in [-0.15, -0.1) is 0 Å². The minimum Gasteiger partial charge on any atom is -0.489 e. The summed E-state index contributed by atoms with van der Waals surface area (Å²) in [6, 6.07) is 12.2. The maximum atomic E-state index is 11.2. The number of hydrogen-bond acceptors (Lipinski definition) is 4. The SMILES string of the molecule is CC(C)c1onc(-c2c(Cl)cccc2Cl)c1COc1ccc2[nH]c(C(=O)O)cc2c1. The Morgan fingerprint density at radius 1 is 1.20 bits per heavy atom. The fourth-order valence-corrected chi connectivity index (χ4v) is 3.88. The molecular formula is C22H18Cl2N2O4. The maximum absolute atomic E-state index is 11.2. The molecule has 0 aliphatic heterocycles. The van der Waals surface area contributed by atoms with E-state index in [1.54, 1.807) is 42.5 Å². The minimum atomic E-state index is -1.01. The molecule has 0 bridgehead atoms. The van der Waals surface area contributed by atoms with Crippen LogP contribution in [0.2, 0.25) is 10.0 Å². The second-order valence-electron chi connectivity index (χ2n) is 7.15. The summed E-state index contributed by atoms with van der Waals surface area (Å²) in [6.45, 7) is 4.19. The second kappa shape index (κ2) is 8.05. The largest absolute Gasteiger partial charge is 0.489 e. The lowest BCUT2D eigenvalue weighted by Crippen LogP contribution is -2.01. The Morgan fingerprint density at radius 2 is 1.93 bits per heavy atom. The highest BCUT2D eigenvalue weighted by Gasteiger charge is 2.23. The van der Waals surface area contributed by atoms with Gasteiger partial charge in [0, 0.05) is 22.4 Å². The van der Waals surface area contributed by atoms with E-state index in [-0.39, 0.29) is 18.2 Å². The number of fused-ring (bicyclic) bond motifs is 1. The molecule has 2 heterocycles. The molecule has 8 heteroatoms. The summed E-state index contributed by atoms with van der Waals surface area (Å²) in [5.41, 5.74) is 2.75. The van der Waals surface area contributed by atoms with Gasteiger partial charge in [-0.1, -0.05) is 48.3 Å². The van der Waals surface area contributed by atoms with Crippen LogP contribution in [-0.2, 0) is 6.61 Å². The van der Waals surface area contributed by atoms with Gasteiger partial charge < -0.3 is 19.4 Å². The Bertz CT molecular complexity index is 1220. The Labute approximate surface area is 182 Å². The zero-order chi connectivity index (χ0) is 21.4. The zero-order valence-corrected chi connectivity index (χ0v) is 17.7. The van der Waals surface area contributed by atoms with Crippen molar-refractivity contribution in [2.45, 2.75) is 26.4 Å². The number of benzene rings is 2. The smallest absolute Gasteiger partial charge is 0.352 e. The van der Waals surface area contributed by atoms with Crippen molar-refractivity contribution < 1.29 is 19.2 Å². The van der Waals surface area contributed by atoms with Crippen molar-refractivity contribution in [2.24, 2.45) is 0 Å². The van der Waals surface area contributed by atoms with Crippen LogP contribution in [0.5, 0.6) is 5.75 Å². The van der Waals surface area contributed by atoms with Crippen LogP contribution in [0.1, 0.15) is 41.6 Å². The molecule has 0 saturated carbocycles. The third kappa shape index (κ3) is 3.76. The number of carboxylic acids is 1. The Morgan fingerprint density at radius 3 is 2.60 bits per heavy atom. The highest BCUT2D eigenvalue weighted by Crippen LogP contribution is 2.38. The number of aromatic nitrogens is 2. The van der Waals surface area contributed by atoms with Crippen molar-refractivity contribution >= 4 is 40.1 Å². The van der Waals surface area contributed by atoms with E-state index in [1.807, 2.05) is 13.8 Å². The van der Waals surface area contributed by atoms with Crippen molar-refractivity contribution in [2.75, 3.05) is 0 Å². The lowest BCUT2D eigenvalue weighted by molar-refractivity contribution is 0.0691. The van der Waals surface area contributed by atoms with E-state index >= 15 is 0 Å². The number of nitrogens with one attached hydrogen (secondary N) is 1. The maximum Gasteiger partial charge on any atom is 0.352 e. The fraction of sp³-hybridized carbons (Fsp3) is 0.182. The van der Waals surface area contributed by atoms with Crippen LogP contribution < -0.4 is 4.74 Å². The van der Waals surface area contributed by atoms with Gasteiger partial charge in [0.1, 0.15) is 29.5 Å². The van der Waals surface area contributed by atoms with E-state index in [0.717, 1.165) is 16.5 Å². The van der Waals surface area contributed by atoms with Crippen LogP contribution >= 0.6 is 23.2 Å². The van der Waals surface area contributed by atoms with Crippen LogP contribution in [0.3, 0.4) is 0 Å². The molecular weight excluding hydrogens is 427 g/mol. The number of H-pyrrole nitrogens is 1. The molecule has 0 atom stereocenters. The zero-order valence-electron chi connectivity index (χ0n) is 16.2. The minimum absolute atomic E-state index is 0.0800. The van der Waals surface area contributed by atoms with Gasteiger partial charge in [-0.05, 0) is 36.4 Å². The average molecular weight is 445 g/mol. The van der Waals surface area contributed by atoms with E-state index in [1.165, 1.54) is 0 Å². The number of ether oxygens (including phenoxy) is 1. The molecule has 6 nitrogen and oxygen atoms in total. The highest BCUT2D eigenvalue weighted by molar-refractivity contribution is 6.39. The predicted molar refractivity (Wildman–Crippen MR) is 116 cm³/mol. The Hall–Kier alpha value is -2.96. The summed E-state index contributed by atoms with van der Waals surface area (Å²) < 4.78 is 11.6. The van der Waals surface area contributed by atoms with Gasteiger partial charge in [-0.3, -0.25) is 0 Å². The van der Waals surface area contributed by atoms with Crippen molar-refractivity contribution in [3.8, 4) is 17.0 Å². The van der Waals surface area contributed by atoms with E-state index in [4.69, 9.17) is 37.6 Å². The molecule has 0 aliphatic rings. The summed E-state index contributed by atoms with van der Waals surface area (Å²) in [5.74, 6) is 0.347. The number of aromatic amines is 1. The predicted octanol–water partition coefficient (Wildman–Crippen LogP) is 6.53. The topological polar surface area (TPSA) is 88.4 Å². The van der Waals surface area contributed by atoms with Crippen LogP contribution in [0.4, 0.5) is 0 Å². The van der Waals surface area contributed by atoms with Gasteiger partial charge in [0.25, 0.3) is 0 Å². The van der Waals surface area contributed by atoms with Gasteiger partial charge in [-0.25, -0.2) is 4.79 Å². The molecule has 0 unspecified atom stereocenters. The quantitative estimate of drug-likeness (QED) is 0.352. The van der Waals surface area contributed by atoms with Gasteiger partial charge in [0.15, 0.2) is 0 Å². The molecule has 0 saturated heterocycles. The molecule has 0 aliphatic carbocycles. The van der Waals surface area contributed by atoms with Crippen molar-refractivity contribution in [3.05, 3.63) is 69.5 Å². The summed E-state index contributed by atoms with van der Waals surface area (Å²) in [4.78, 5) is 14.0. The molecule has 0 amide bonds. The molecule has 0 radical (unpaired) electrons. The summed E-state index contributed by atoms with van der Waals surface area (Å²) in [7, 11) is 0. The van der Waals surface area contributed by atoms with E-state index in [2.05, 4.69) is 10.1 Å². The first-order valence-electron chi connectivity index (χ1n) is 9.27. The third-order valence-electron chi connectivity index (χ3n) is 4.75. The third-order valence-corrected chi connectivity index (χ3v) is 5.38. The fourth-order valence-electron chi connectivity index (χ4n) is 3.31. The molecule has 154 valence electrons. The highest BCUT2D eigenvalue weighted by atomic mass is 35.5. The second-order valence-corrected chi connectivity index (χ2v) is 7.97. The first kappa shape index (κ1) is 20.3. The van der Waals surface area contributed by atoms with Gasteiger partial charge >= 0.3 is 5.97 Å². The molecule has 2 aromatic heterocycles. The lowest BCUT2D eigenvalue weighted by atomic mass is 10.0. The number of hydrogen-bond donors (Lipinski definition) is 2. The summed E-state index contributed by atoms with van der Waals surface area (Å²) in [6.07, 6.45) is 0. The molecule has 4 rings (SSSR count). The van der Waals surface area contributed by atoms with Gasteiger partial charge in [0.05, 0.1) is 15.6 Å². The molecule has 4 aromatic rings. The number of aromatic carboxylic acids is 1. The first-order valence-corrected chi connectivity index (χ1v) is 10.0. The Balaban J connectivity index is 1.68. The average Bonchev–Trinajstić information content (AvgIpc) is 3.30. The number of carbonyl (C=O) groups is 1. The van der Waals surface area contributed by atoms with Gasteiger partial charge in [-0.2, -0.15) is 0 Å². The van der Waals surface area contributed by atoms with Crippen LogP contribution in [0.25, 0.3) is 22.2 Å². The summed E-state index contributed by atoms with van der Waals surface area (Å²) in [5, 5.41) is 15.1. The standard InChI is InChI=1S/C22H18Cl2N2O4/c1-11(2)21-14(20(26-30-21)19-15(23)4-3-5-16(19)24)10-29-13-6-7-17-12(8-13)9-18(25-17)22(27)28/h3-9,11,25H,10H2,1-2H3,(H,27,28). The molecule has 2 aromatic carbocycles. The summed E-state index contributed by atoms with van der Waals surface area (Å²) >= 11 is 12.8. The molecule has 2 N–H and O–H groups in total. The van der Waals surface area contributed by atoms with Gasteiger partial charge in [0.2, 0.25) is 0 Å². The van der Waals surface area contributed by atoms with Crippen LogP contribution in [0.15, 0.2) is 47.0 Å². The number of halogens is 2. The van der Waals surface area contributed by atoms with E-state index in [0.29, 0.717) is 32.8 Å². The van der Waals surface area contributed by atoms with Crippen LogP contribution in [-0.4, -0.2) is 21.2 Å². The van der Waals surface area contributed by atoms with Crippen LogP contribution in [0, 0.1) is 0 Å². The van der Waals surface area contributed by atoms with E-state index < -0.39 is 5.97 Å². The van der Waals surface area contributed by atoms with Crippen molar-refractivity contribution in [3.63, 3.8) is 0 Å². The lowest BCUT2D eigenvalue weighted by Gasteiger charge is -2.11. The Kier molecular flexibility index (Phi) is 5.45. The monoisotopic (exact) mass is 444 g/mol. The normalized spacial score (nSPS) is 11.4. The molecule has 0 spiro atoms. The number of rotatable bonds is 6. The number of carboxylic acid groups (broad SMARTS) is 1. The molecule has 0 fully saturated rings. The molecule has 30 heavy (non-hydrogen) atoms. The first-order chi connectivity index (χ1) is 14.3. The van der Waals surface area contributed by atoms with Crippen molar-refractivity contribution in [1.82, 2.24) is 10.1 Å². The van der Waals surface area contributed by atoms with E-state index in [9.17, 15) is 4.79 Å². The number of nitrogens with zero attached hydrogens (tertiary/aromatic N) is 1. The van der Waals surface area contributed by atoms with Crippen molar-refractivity contribution in [1.29, 1.82) is 0 Å².